The lowest BCUT2D eigenvalue weighted by atomic mass is 10.0. The van der Waals surface area contributed by atoms with Crippen molar-refractivity contribution in [2.45, 2.75) is 32.4 Å². The lowest BCUT2D eigenvalue weighted by Gasteiger charge is -2.39. The molecule has 0 spiro atoms. The van der Waals surface area contributed by atoms with Crippen molar-refractivity contribution in [2.75, 3.05) is 40.4 Å². The third kappa shape index (κ3) is 4.62. The maximum absolute atomic E-state index is 13.5. The van der Waals surface area contributed by atoms with Crippen LogP contribution in [-0.4, -0.2) is 81.3 Å². The lowest BCUT2D eigenvalue weighted by molar-refractivity contribution is 0.0555. The summed E-state index contributed by atoms with van der Waals surface area (Å²) >= 11 is 0. The summed E-state index contributed by atoms with van der Waals surface area (Å²) in [6.45, 7) is 7.96. The number of hydrogen-bond donors (Lipinski definition) is 1. The summed E-state index contributed by atoms with van der Waals surface area (Å²) in [5, 5.41) is 13.4. The first-order chi connectivity index (χ1) is 18.2. The van der Waals surface area contributed by atoms with Gasteiger partial charge in [0.05, 0.1) is 31.5 Å². The van der Waals surface area contributed by atoms with E-state index < -0.39 is 11.6 Å². The molecule has 200 valence electrons. The zero-order valence-electron chi connectivity index (χ0n) is 22.1. The minimum Gasteiger partial charge on any atom is -0.493 e. The van der Waals surface area contributed by atoms with E-state index in [0.717, 1.165) is 5.39 Å². The number of carbonyl (C=O) groups excluding carboxylic acids is 1. The highest BCUT2D eigenvalue weighted by molar-refractivity contribution is 5.91. The predicted octanol–water partition coefficient (Wildman–Crippen LogP) is 2.43. The average Bonchev–Trinajstić information content (AvgIpc) is 3.61. The number of pyridine rings is 1. The minimum atomic E-state index is -0.550. The van der Waals surface area contributed by atoms with Crippen LogP contribution in [0.25, 0.3) is 10.9 Å². The van der Waals surface area contributed by atoms with Crippen molar-refractivity contribution in [1.82, 2.24) is 35.0 Å². The zero-order valence-corrected chi connectivity index (χ0v) is 22.1. The summed E-state index contributed by atoms with van der Waals surface area (Å²) < 4.78 is 17.9. The molecule has 1 aliphatic rings. The Hall–Kier alpha value is -4.19. The summed E-state index contributed by atoms with van der Waals surface area (Å²) in [5.74, 6) is 1.78. The van der Waals surface area contributed by atoms with Gasteiger partial charge in [-0.15, -0.1) is 5.10 Å². The molecule has 4 aromatic rings. The molecule has 1 aliphatic heterocycles. The van der Waals surface area contributed by atoms with Gasteiger partial charge in [-0.2, -0.15) is 0 Å². The summed E-state index contributed by atoms with van der Waals surface area (Å²) in [6.07, 6.45) is 1.49. The highest BCUT2D eigenvalue weighted by Gasteiger charge is 2.36. The molecule has 0 bridgehead atoms. The van der Waals surface area contributed by atoms with Gasteiger partial charge in [-0.25, -0.2) is 4.68 Å². The molecular formula is C26H31N7O5. The lowest BCUT2D eigenvalue weighted by Crippen LogP contribution is -2.51. The molecule has 1 atom stereocenters. The Kier molecular flexibility index (Phi) is 6.66. The van der Waals surface area contributed by atoms with E-state index in [1.165, 1.54) is 6.26 Å². The van der Waals surface area contributed by atoms with Crippen molar-refractivity contribution >= 4 is 16.8 Å². The molecule has 0 saturated carbocycles. The average molecular weight is 522 g/mol. The van der Waals surface area contributed by atoms with E-state index in [0.29, 0.717) is 60.3 Å². The van der Waals surface area contributed by atoms with Gasteiger partial charge in [0, 0.05) is 43.2 Å². The van der Waals surface area contributed by atoms with Crippen LogP contribution >= 0.6 is 0 Å². The first kappa shape index (κ1) is 25.5. The first-order valence-electron chi connectivity index (χ1n) is 12.4. The number of nitrogens with one attached hydrogen (secondary N) is 1. The van der Waals surface area contributed by atoms with Gasteiger partial charge in [0.2, 0.25) is 0 Å². The highest BCUT2D eigenvalue weighted by Crippen LogP contribution is 2.34. The highest BCUT2D eigenvalue weighted by atomic mass is 16.5. The Bertz CT molecular complexity index is 1490. The van der Waals surface area contributed by atoms with Crippen molar-refractivity contribution in [3.63, 3.8) is 0 Å². The normalized spacial score (nSPS) is 15.6. The van der Waals surface area contributed by atoms with E-state index in [1.807, 2.05) is 32.9 Å². The molecule has 12 heteroatoms. The van der Waals surface area contributed by atoms with Crippen LogP contribution in [0.2, 0.25) is 0 Å². The molecule has 1 aromatic carbocycles. The number of aromatic nitrogens is 5. The Morgan fingerprint density at radius 2 is 1.79 bits per heavy atom. The molecule has 38 heavy (non-hydrogen) atoms. The molecule has 1 saturated heterocycles. The van der Waals surface area contributed by atoms with Gasteiger partial charge in [-0.05, 0) is 55.5 Å². The van der Waals surface area contributed by atoms with Crippen LogP contribution in [0.1, 0.15) is 48.8 Å². The van der Waals surface area contributed by atoms with E-state index in [-0.39, 0.29) is 11.5 Å². The molecule has 1 fully saturated rings. The summed E-state index contributed by atoms with van der Waals surface area (Å²) in [7, 11) is 3.12. The van der Waals surface area contributed by atoms with Gasteiger partial charge in [0.25, 0.3) is 11.5 Å². The number of piperazine rings is 1. The molecule has 0 radical (unpaired) electrons. The topological polar surface area (TPSA) is 132 Å². The second-order valence-electron chi connectivity index (χ2n) is 10.2. The molecule has 12 nitrogen and oxygen atoms in total. The SMILES string of the molecule is COc1cc2cc(C(c3nnnn3C(C)(C)C)N3CCN(C(=O)c4ccco4)CC3)c(=O)[nH]c2cc1OC. The number of fused-ring (bicyclic) bond motifs is 1. The molecule has 4 heterocycles. The Morgan fingerprint density at radius 3 is 2.42 bits per heavy atom. The van der Waals surface area contributed by atoms with Crippen molar-refractivity contribution in [3.05, 3.63) is 64.1 Å². The van der Waals surface area contributed by atoms with E-state index in [2.05, 4.69) is 25.4 Å². The molecule has 1 unspecified atom stereocenters. The third-order valence-corrected chi connectivity index (χ3v) is 6.74. The van der Waals surface area contributed by atoms with Crippen LogP contribution in [0.5, 0.6) is 11.5 Å². The fourth-order valence-electron chi connectivity index (χ4n) is 4.83. The number of tetrazole rings is 1. The zero-order chi connectivity index (χ0) is 27.0. The largest absolute Gasteiger partial charge is 0.493 e. The van der Waals surface area contributed by atoms with Gasteiger partial charge in [-0.1, -0.05) is 0 Å². The Morgan fingerprint density at radius 1 is 1.08 bits per heavy atom. The maximum atomic E-state index is 13.5. The molecule has 1 amide bonds. The van der Waals surface area contributed by atoms with Gasteiger partial charge < -0.3 is 23.8 Å². The Labute approximate surface area is 219 Å². The van der Waals surface area contributed by atoms with Crippen molar-refractivity contribution < 1.29 is 18.7 Å². The van der Waals surface area contributed by atoms with Crippen LogP contribution < -0.4 is 15.0 Å². The van der Waals surface area contributed by atoms with E-state index >= 15 is 0 Å². The number of furan rings is 1. The Balaban J connectivity index is 1.56. The van der Waals surface area contributed by atoms with Crippen molar-refractivity contribution in [1.29, 1.82) is 0 Å². The molecule has 3 aromatic heterocycles. The number of rotatable bonds is 6. The second-order valence-corrected chi connectivity index (χ2v) is 10.2. The molecule has 0 aliphatic carbocycles. The predicted molar refractivity (Wildman–Crippen MR) is 139 cm³/mol. The maximum Gasteiger partial charge on any atom is 0.289 e. The molecular weight excluding hydrogens is 490 g/mol. The first-order valence-corrected chi connectivity index (χ1v) is 12.4. The number of carbonyl (C=O) groups is 1. The number of hydrogen-bond acceptors (Lipinski definition) is 9. The fourth-order valence-corrected chi connectivity index (χ4v) is 4.83. The minimum absolute atomic E-state index is 0.157. The van der Waals surface area contributed by atoms with Crippen LogP contribution in [0.3, 0.4) is 0 Å². The van der Waals surface area contributed by atoms with E-state index in [4.69, 9.17) is 13.9 Å². The summed E-state index contributed by atoms with van der Waals surface area (Å²) in [4.78, 5) is 33.3. The number of H-pyrrole nitrogens is 1. The smallest absolute Gasteiger partial charge is 0.289 e. The van der Waals surface area contributed by atoms with E-state index in [1.54, 1.807) is 42.0 Å². The van der Waals surface area contributed by atoms with Crippen LogP contribution in [-0.2, 0) is 5.54 Å². The molecule has 5 rings (SSSR count). The molecule has 1 N–H and O–H groups in total. The number of aromatic amines is 1. The summed E-state index contributed by atoms with van der Waals surface area (Å²) in [6, 6.07) is 8.23. The number of ether oxygens (including phenoxy) is 2. The van der Waals surface area contributed by atoms with Crippen LogP contribution in [0.15, 0.2) is 45.8 Å². The fraction of sp³-hybridized carbons (Fsp3) is 0.423. The second kappa shape index (κ2) is 9.93. The van der Waals surface area contributed by atoms with Crippen molar-refractivity contribution in [3.8, 4) is 11.5 Å². The standard InChI is InChI=1S/C26H31N7O5/c1-26(2,3)33-23(28-29-30-33)22(31-8-10-32(11-9-31)25(35)19-7-6-12-38-19)17-13-16-14-20(36-4)21(37-5)15-18(16)27-24(17)34/h6-7,12-15,22H,8-11H2,1-5H3,(H,27,34). The van der Waals surface area contributed by atoms with Crippen LogP contribution in [0, 0.1) is 0 Å². The summed E-state index contributed by atoms with van der Waals surface area (Å²) in [5.41, 5.74) is 0.441. The number of benzene rings is 1. The van der Waals surface area contributed by atoms with Gasteiger partial charge in [0.1, 0.15) is 6.04 Å². The van der Waals surface area contributed by atoms with Gasteiger partial charge in [0.15, 0.2) is 23.1 Å². The number of methoxy groups -OCH3 is 2. The van der Waals surface area contributed by atoms with Gasteiger partial charge >= 0.3 is 0 Å². The number of amides is 1. The number of nitrogens with zero attached hydrogens (tertiary/aromatic N) is 6. The third-order valence-electron chi connectivity index (χ3n) is 6.74. The van der Waals surface area contributed by atoms with E-state index in [9.17, 15) is 9.59 Å². The monoisotopic (exact) mass is 521 g/mol. The van der Waals surface area contributed by atoms with Crippen molar-refractivity contribution in [2.24, 2.45) is 0 Å². The van der Waals surface area contributed by atoms with Gasteiger partial charge in [-0.3, -0.25) is 14.5 Å². The quantitative estimate of drug-likeness (QED) is 0.406. The van der Waals surface area contributed by atoms with Crippen LogP contribution in [0.4, 0.5) is 0 Å².